The van der Waals surface area contributed by atoms with Crippen molar-refractivity contribution in [1.82, 2.24) is 8.61 Å². The van der Waals surface area contributed by atoms with Gasteiger partial charge in [0.15, 0.2) is 0 Å². The van der Waals surface area contributed by atoms with Crippen LogP contribution in [0.3, 0.4) is 0 Å². The maximum absolute atomic E-state index is 11.3. The van der Waals surface area contributed by atoms with Gasteiger partial charge in [0.1, 0.15) is 0 Å². The van der Waals surface area contributed by atoms with Gasteiger partial charge in [0, 0.05) is 25.2 Å². The zero-order valence-corrected chi connectivity index (χ0v) is 15.1. The van der Waals surface area contributed by atoms with E-state index in [1.807, 2.05) is 27.7 Å². The molecule has 2 saturated heterocycles. The first-order chi connectivity index (χ1) is 9.58. The van der Waals surface area contributed by atoms with Gasteiger partial charge in [0.25, 0.3) is 0 Å². The van der Waals surface area contributed by atoms with E-state index in [0.29, 0.717) is 24.6 Å². The second-order valence-electron chi connectivity index (χ2n) is 6.10. The Labute approximate surface area is 137 Å². The Morgan fingerprint density at radius 1 is 0.682 bits per heavy atom. The molecule has 22 heavy (non-hydrogen) atoms. The molecule has 8 heteroatoms. The van der Waals surface area contributed by atoms with Crippen molar-refractivity contribution < 1.29 is 16.8 Å². The summed E-state index contributed by atoms with van der Waals surface area (Å²) in [6, 6.07) is 0.257. The Bertz CT molecular complexity index is 527. The van der Waals surface area contributed by atoms with Gasteiger partial charge in [-0.3, -0.25) is 0 Å². The number of hydrogen-bond donors (Lipinski definition) is 0. The van der Waals surface area contributed by atoms with Gasteiger partial charge in [-0.25, -0.2) is 16.8 Å². The van der Waals surface area contributed by atoms with E-state index in [-0.39, 0.29) is 19.5 Å². The molecule has 0 aromatic heterocycles. The van der Waals surface area contributed by atoms with Crippen LogP contribution in [0.5, 0.6) is 0 Å². The Morgan fingerprint density at radius 2 is 1.05 bits per heavy atom. The monoisotopic (exact) mass is 356 g/mol. The van der Waals surface area contributed by atoms with Crippen LogP contribution >= 0.6 is 0 Å². The summed E-state index contributed by atoms with van der Waals surface area (Å²) in [5, 5.41) is 0. The van der Waals surface area contributed by atoms with Crippen LogP contribution in [0.4, 0.5) is 0 Å². The standard InChI is InChI=1S/C7H15NO2S.C6H13NO2S.CH4/c1-7(2)8-5-3-4-6-11(8,9)10;1-6(2)7-4-3-5-10(7,8)9;/h7H,3-6H2,1-2H3;6H,3-5H2,1-2H3;1H4. The summed E-state index contributed by atoms with van der Waals surface area (Å²) >= 11 is 0. The lowest BCUT2D eigenvalue weighted by atomic mass is 10.3. The Balaban J connectivity index is 0.000000385. The van der Waals surface area contributed by atoms with Crippen LogP contribution in [0.25, 0.3) is 0 Å². The molecule has 0 bridgehead atoms. The normalized spacial score (nSPS) is 24.6. The summed E-state index contributed by atoms with van der Waals surface area (Å²) in [5.74, 6) is 0.677. The first kappa shape index (κ1) is 21.8. The minimum absolute atomic E-state index is 0. The van der Waals surface area contributed by atoms with Gasteiger partial charge in [0.2, 0.25) is 20.0 Å². The van der Waals surface area contributed by atoms with Gasteiger partial charge in [-0.1, -0.05) is 7.43 Å². The molecule has 0 aromatic rings. The molecule has 0 atom stereocenters. The molecule has 0 aromatic carbocycles. The minimum Gasteiger partial charge on any atom is -0.212 e. The van der Waals surface area contributed by atoms with E-state index < -0.39 is 20.0 Å². The largest absolute Gasteiger partial charge is 0.214 e. The van der Waals surface area contributed by atoms with E-state index >= 15 is 0 Å². The lowest BCUT2D eigenvalue weighted by Gasteiger charge is -2.29. The second-order valence-corrected chi connectivity index (χ2v) is 10.2. The van der Waals surface area contributed by atoms with Crippen LogP contribution in [-0.4, -0.2) is 62.1 Å². The molecule has 2 rings (SSSR count). The Kier molecular flexibility index (Phi) is 8.54. The molecular formula is C14H32N2O4S2. The topological polar surface area (TPSA) is 74.8 Å². The Morgan fingerprint density at radius 3 is 1.27 bits per heavy atom. The van der Waals surface area contributed by atoms with Crippen molar-refractivity contribution in [2.75, 3.05) is 24.6 Å². The summed E-state index contributed by atoms with van der Waals surface area (Å²) in [5.41, 5.74) is 0. The van der Waals surface area contributed by atoms with Crippen molar-refractivity contribution in [1.29, 1.82) is 0 Å². The van der Waals surface area contributed by atoms with Gasteiger partial charge < -0.3 is 0 Å². The third-order valence-electron chi connectivity index (χ3n) is 3.68. The van der Waals surface area contributed by atoms with Crippen molar-refractivity contribution in [3.8, 4) is 0 Å². The molecule has 134 valence electrons. The first-order valence-electron chi connectivity index (χ1n) is 7.57. The van der Waals surface area contributed by atoms with Gasteiger partial charge in [-0.05, 0) is 47.0 Å². The third kappa shape index (κ3) is 5.79. The molecule has 0 aliphatic carbocycles. The van der Waals surface area contributed by atoms with Crippen molar-refractivity contribution in [2.24, 2.45) is 0 Å². The lowest BCUT2D eigenvalue weighted by molar-refractivity contribution is 0.333. The highest BCUT2D eigenvalue weighted by Gasteiger charge is 2.29. The van der Waals surface area contributed by atoms with Gasteiger partial charge in [-0.15, -0.1) is 0 Å². The van der Waals surface area contributed by atoms with Crippen LogP contribution < -0.4 is 0 Å². The van der Waals surface area contributed by atoms with Crippen LogP contribution in [-0.2, 0) is 20.0 Å². The van der Waals surface area contributed by atoms with E-state index in [1.54, 1.807) is 8.61 Å². The maximum Gasteiger partial charge on any atom is 0.214 e. The third-order valence-corrected chi connectivity index (χ3v) is 7.92. The fourth-order valence-electron chi connectivity index (χ4n) is 2.63. The number of hydrogen-bond acceptors (Lipinski definition) is 4. The van der Waals surface area contributed by atoms with E-state index in [1.165, 1.54) is 0 Å². The van der Waals surface area contributed by atoms with E-state index in [4.69, 9.17) is 0 Å². The number of rotatable bonds is 2. The fraction of sp³-hybridized carbons (Fsp3) is 1.00. The SMILES string of the molecule is C.CC(C)N1CCCCS1(=O)=O.CC(C)N1CCCS1(=O)=O. The highest BCUT2D eigenvalue weighted by atomic mass is 32.2. The molecule has 0 unspecified atom stereocenters. The maximum atomic E-state index is 11.3. The molecule has 0 N–H and O–H groups in total. The van der Waals surface area contributed by atoms with Crippen LogP contribution in [0.2, 0.25) is 0 Å². The highest BCUT2D eigenvalue weighted by Crippen LogP contribution is 2.16. The summed E-state index contributed by atoms with van der Waals surface area (Å²) in [6.07, 6.45) is 2.63. The average Bonchev–Trinajstić information content (AvgIpc) is 2.68. The molecule has 0 saturated carbocycles. The van der Waals surface area contributed by atoms with Crippen molar-refractivity contribution in [2.45, 2.75) is 66.5 Å². The molecule has 0 radical (unpaired) electrons. The van der Waals surface area contributed by atoms with Crippen LogP contribution in [0, 0.1) is 0 Å². The van der Waals surface area contributed by atoms with Crippen LogP contribution in [0.1, 0.15) is 54.4 Å². The van der Waals surface area contributed by atoms with Gasteiger partial charge in [0.05, 0.1) is 11.5 Å². The molecule has 2 aliphatic rings. The van der Waals surface area contributed by atoms with Crippen molar-refractivity contribution in [3.05, 3.63) is 0 Å². The highest BCUT2D eigenvalue weighted by molar-refractivity contribution is 7.89. The summed E-state index contributed by atoms with van der Waals surface area (Å²) in [4.78, 5) is 0. The second kappa shape index (κ2) is 8.61. The zero-order valence-electron chi connectivity index (χ0n) is 13.4. The Hall–Kier alpha value is -0.180. The predicted octanol–water partition coefficient (Wildman–Crippen LogP) is 1.89. The average molecular weight is 357 g/mol. The number of nitrogens with zero attached hydrogens (tertiary/aromatic N) is 2. The lowest BCUT2D eigenvalue weighted by Crippen LogP contribution is -2.42. The molecule has 6 nitrogen and oxygen atoms in total. The van der Waals surface area contributed by atoms with Crippen LogP contribution in [0.15, 0.2) is 0 Å². The summed E-state index contributed by atoms with van der Waals surface area (Å²) in [6.45, 7) is 9.07. The molecule has 2 aliphatic heterocycles. The summed E-state index contributed by atoms with van der Waals surface area (Å²) < 4.78 is 48.1. The molecule has 0 spiro atoms. The van der Waals surface area contributed by atoms with E-state index in [2.05, 4.69) is 0 Å². The van der Waals surface area contributed by atoms with E-state index in [0.717, 1.165) is 19.3 Å². The molecule has 0 amide bonds. The smallest absolute Gasteiger partial charge is 0.212 e. The minimum atomic E-state index is -2.89. The zero-order chi connectivity index (χ0) is 16.3. The van der Waals surface area contributed by atoms with Gasteiger partial charge >= 0.3 is 0 Å². The quantitative estimate of drug-likeness (QED) is 0.757. The first-order valence-corrected chi connectivity index (χ1v) is 10.8. The van der Waals surface area contributed by atoms with Crippen molar-refractivity contribution >= 4 is 20.0 Å². The molecular weight excluding hydrogens is 324 g/mol. The van der Waals surface area contributed by atoms with E-state index in [9.17, 15) is 16.8 Å². The number of sulfonamides is 2. The molecule has 2 fully saturated rings. The summed E-state index contributed by atoms with van der Waals surface area (Å²) in [7, 11) is -5.74. The predicted molar refractivity (Wildman–Crippen MR) is 91.8 cm³/mol. The fourth-order valence-corrected chi connectivity index (χ4v) is 6.26. The van der Waals surface area contributed by atoms with Gasteiger partial charge in [-0.2, -0.15) is 8.61 Å². The van der Waals surface area contributed by atoms with Crippen molar-refractivity contribution in [3.63, 3.8) is 0 Å². The molecule has 2 heterocycles.